The Balaban J connectivity index is 2.09. The van der Waals surface area contributed by atoms with Crippen LogP contribution in [0.3, 0.4) is 0 Å². The van der Waals surface area contributed by atoms with Crippen molar-refractivity contribution in [2.45, 2.75) is 91.8 Å². The molecule has 2 rings (SSSR count). The Kier molecular flexibility index (Phi) is 8.92. The molecule has 2 amide bonds. The van der Waals surface area contributed by atoms with E-state index in [4.69, 9.17) is 9.84 Å². The molecule has 1 aliphatic carbocycles. The Hall–Kier alpha value is -2.57. The molecule has 1 aromatic carbocycles. The summed E-state index contributed by atoms with van der Waals surface area (Å²) < 4.78 is 5.72. The number of carbonyl (C=O) groups is 3. The highest BCUT2D eigenvalue weighted by atomic mass is 16.6. The summed E-state index contributed by atoms with van der Waals surface area (Å²) in [5, 5.41) is 11.3. The van der Waals surface area contributed by atoms with E-state index in [9.17, 15) is 14.4 Å². The van der Waals surface area contributed by atoms with Crippen LogP contribution in [-0.2, 0) is 16.1 Å². The summed E-state index contributed by atoms with van der Waals surface area (Å²) in [5.74, 6) is -0.620. The Bertz CT molecular complexity index is 813. The fourth-order valence-corrected chi connectivity index (χ4v) is 4.26. The summed E-state index contributed by atoms with van der Waals surface area (Å²) in [4.78, 5) is 37.7. The van der Waals surface area contributed by atoms with Crippen LogP contribution in [0.1, 0.15) is 89.6 Å². The molecule has 0 bridgehead atoms. The topological polar surface area (TPSA) is 95.9 Å². The summed E-state index contributed by atoms with van der Waals surface area (Å²) >= 11 is 0. The number of benzene rings is 1. The molecule has 0 aliphatic heterocycles. The van der Waals surface area contributed by atoms with Gasteiger partial charge in [-0.1, -0.05) is 32.9 Å². The van der Waals surface area contributed by atoms with Crippen molar-refractivity contribution in [2.24, 2.45) is 11.3 Å². The van der Waals surface area contributed by atoms with Crippen molar-refractivity contribution in [3.63, 3.8) is 0 Å². The van der Waals surface area contributed by atoms with Crippen LogP contribution < -0.4 is 5.32 Å². The first-order valence-corrected chi connectivity index (χ1v) is 11.8. The molecule has 0 heterocycles. The highest BCUT2D eigenvalue weighted by Crippen LogP contribution is 2.39. The summed E-state index contributed by atoms with van der Waals surface area (Å²) in [6.45, 7) is 13.0. The van der Waals surface area contributed by atoms with Gasteiger partial charge in [0, 0.05) is 24.7 Å². The van der Waals surface area contributed by atoms with Gasteiger partial charge in [0.05, 0.1) is 6.42 Å². The summed E-state index contributed by atoms with van der Waals surface area (Å²) in [6.07, 6.45) is 3.64. The molecule has 1 fully saturated rings. The van der Waals surface area contributed by atoms with Crippen LogP contribution in [0.4, 0.5) is 4.79 Å². The smallest absolute Gasteiger partial charge is 0.410 e. The molecule has 1 aliphatic rings. The van der Waals surface area contributed by atoms with Crippen molar-refractivity contribution in [1.29, 1.82) is 0 Å². The van der Waals surface area contributed by atoms with Gasteiger partial charge in [0.25, 0.3) is 5.91 Å². The molecule has 0 unspecified atom stereocenters. The quantitative estimate of drug-likeness (QED) is 0.581. The lowest BCUT2D eigenvalue weighted by atomic mass is 9.71. The Morgan fingerprint density at radius 2 is 1.58 bits per heavy atom. The average molecular weight is 461 g/mol. The maximum Gasteiger partial charge on any atom is 0.410 e. The van der Waals surface area contributed by atoms with E-state index in [2.05, 4.69) is 26.1 Å². The van der Waals surface area contributed by atoms with Gasteiger partial charge in [-0.25, -0.2) is 4.79 Å². The van der Waals surface area contributed by atoms with E-state index in [1.165, 1.54) is 0 Å². The van der Waals surface area contributed by atoms with Crippen LogP contribution in [0.15, 0.2) is 24.3 Å². The second-order valence-corrected chi connectivity index (χ2v) is 11.1. The number of ether oxygens (including phenoxy) is 1. The SMILES string of the molecule is CC(C)(C)OC(=O)N(Cc1ccc(C(=O)NCCC(=O)O)cc1)C1CCC(C(C)(C)C)CC1. The standard InChI is InChI=1S/C26H40N2O5/c1-25(2,3)20-11-13-21(14-12-20)28(24(32)33-26(4,5)6)17-18-7-9-19(10-8-18)23(31)27-16-15-22(29)30/h7-10,20-21H,11-17H2,1-6H3,(H,27,31)(H,29,30). The highest BCUT2D eigenvalue weighted by molar-refractivity contribution is 5.94. The molecule has 33 heavy (non-hydrogen) atoms. The number of nitrogens with zero attached hydrogens (tertiary/aromatic N) is 1. The maximum absolute atomic E-state index is 13.1. The van der Waals surface area contributed by atoms with Gasteiger partial charge in [-0.05, 0) is 75.5 Å². The molecule has 7 nitrogen and oxygen atoms in total. The number of carboxylic acid groups (broad SMARTS) is 1. The number of aliphatic carboxylic acids is 1. The molecule has 0 spiro atoms. The fourth-order valence-electron chi connectivity index (χ4n) is 4.26. The van der Waals surface area contributed by atoms with Crippen LogP contribution in [0.5, 0.6) is 0 Å². The predicted octanol–water partition coefficient (Wildman–Crippen LogP) is 5.23. The van der Waals surface area contributed by atoms with Gasteiger partial charge >= 0.3 is 12.1 Å². The number of amides is 2. The van der Waals surface area contributed by atoms with E-state index in [0.29, 0.717) is 18.0 Å². The molecule has 184 valence electrons. The van der Waals surface area contributed by atoms with E-state index < -0.39 is 11.6 Å². The van der Waals surface area contributed by atoms with Crippen LogP contribution in [-0.4, -0.2) is 46.2 Å². The molecule has 0 radical (unpaired) electrons. The second kappa shape index (κ2) is 11.0. The lowest BCUT2D eigenvalue weighted by Crippen LogP contribution is -2.45. The van der Waals surface area contributed by atoms with Gasteiger partial charge in [0.1, 0.15) is 5.60 Å². The minimum absolute atomic E-state index is 0.0829. The van der Waals surface area contributed by atoms with E-state index in [1.54, 1.807) is 12.1 Å². The van der Waals surface area contributed by atoms with E-state index >= 15 is 0 Å². The normalized spacial score (nSPS) is 19.0. The van der Waals surface area contributed by atoms with E-state index in [1.807, 2.05) is 37.8 Å². The summed E-state index contributed by atoms with van der Waals surface area (Å²) in [6, 6.07) is 7.20. The summed E-state index contributed by atoms with van der Waals surface area (Å²) in [7, 11) is 0. The zero-order valence-corrected chi connectivity index (χ0v) is 20.9. The average Bonchev–Trinajstić information content (AvgIpc) is 2.70. The lowest BCUT2D eigenvalue weighted by Gasteiger charge is -2.41. The van der Waals surface area contributed by atoms with Crippen molar-refractivity contribution in [2.75, 3.05) is 6.54 Å². The number of nitrogens with one attached hydrogen (secondary N) is 1. The zero-order chi connectivity index (χ0) is 24.8. The van der Waals surface area contributed by atoms with Gasteiger partial charge in [0.15, 0.2) is 0 Å². The van der Waals surface area contributed by atoms with Crippen LogP contribution in [0, 0.1) is 11.3 Å². The fraction of sp³-hybridized carbons (Fsp3) is 0.654. The number of rotatable bonds is 7. The van der Waals surface area contributed by atoms with Crippen molar-refractivity contribution in [3.05, 3.63) is 35.4 Å². The van der Waals surface area contributed by atoms with Crippen molar-refractivity contribution in [3.8, 4) is 0 Å². The number of carbonyl (C=O) groups excluding carboxylic acids is 2. The van der Waals surface area contributed by atoms with Gasteiger partial charge in [-0.3, -0.25) is 9.59 Å². The number of hydrogen-bond donors (Lipinski definition) is 2. The molecule has 1 saturated carbocycles. The monoisotopic (exact) mass is 460 g/mol. The molecule has 0 saturated heterocycles. The van der Waals surface area contributed by atoms with Crippen LogP contribution in [0.25, 0.3) is 0 Å². The van der Waals surface area contributed by atoms with Gasteiger partial charge < -0.3 is 20.1 Å². The maximum atomic E-state index is 13.1. The first-order chi connectivity index (χ1) is 15.3. The Labute approximate surface area is 197 Å². The third-order valence-electron chi connectivity index (χ3n) is 6.18. The molecular formula is C26H40N2O5. The van der Waals surface area contributed by atoms with Crippen molar-refractivity contribution < 1.29 is 24.2 Å². The first kappa shape index (κ1) is 26.7. The zero-order valence-electron chi connectivity index (χ0n) is 20.9. The predicted molar refractivity (Wildman–Crippen MR) is 128 cm³/mol. The minimum atomic E-state index is -0.954. The van der Waals surface area contributed by atoms with Crippen LogP contribution in [0.2, 0.25) is 0 Å². The third kappa shape index (κ3) is 8.71. The third-order valence-corrected chi connectivity index (χ3v) is 6.18. The molecule has 0 aromatic heterocycles. The number of hydrogen-bond acceptors (Lipinski definition) is 4. The molecular weight excluding hydrogens is 420 g/mol. The summed E-state index contributed by atoms with van der Waals surface area (Å²) in [5.41, 5.74) is 1.07. The van der Waals surface area contributed by atoms with E-state index in [0.717, 1.165) is 31.2 Å². The minimum Gasteiger partial charge on any atom is -0.481 e. The lowest BCUT2D eigenvalue weighted by molar-refractivity contribution is -0.136. The van der Waals surface area contributed by atoms with E-state index in [-0.39, 0.29) is 36.4 Å². The number of carboxylic acids is 1. The molecule has 2 N–H and O–H groups in total. The van der Waals surface area contributed by atoms with Gasteiger partial charge in [-0.2, -0.15) is 0 Å². The van der Waals surface area contributed by atoms with Crippen molar-refractivity contribution >= 4 is 18.0 Å². The Morgan fingerprint density at radius 3 is 2.06 bits per heavy atom. The highest BCUT2D eigenvalue weighted by Gasteiger charge is 2.35. The molecule has 1 aromatic rings. The van der Waals surface area contributed by atoms with Crippen molar-refractivity contribution in [1.82, 2.24) is 10.2 Å². The Morgan fingerprint density at radius 1 is 1.00 bits per heavy atom. The van der Waals surface area contributed by atoms with Gasteiger partial charge in [-0.15, -0.1) is 0 Å². The van der Waals surface area contributed by atoms with Crippen LogP contribution >= 0.6 is 0 Å². The molecule has 0 atom stereocenters. The largest absolute Gasteiger partial charge is 0.481 e. The first-order valence-electron chi connectivity index (χ1n) is 11.8. The molecule has 7 heteroatoms. The van der Waals surface area contributed by atoms with Gasteiger partial charge in [0.2, 0.25) is 0 Å². The second-order valence-electron chi connectivity index (χ2n) is 11.1.